The van der Waals surface area contributed by atoms with Crippen molar-refractivity contribution < 1.29 is 13.2 Å². The van der Waals surface area contributed by atoms with E-state index in [0.717, 1.165) is 21.3 Å². The van der Waals surface area contributed by atoms with Crippen molar-refractivity contribution in [3.05, 3.63) is 92.7 Å². The number of nitrogens with zero attached hydrogens (tertiary/aromatic N) is 3. The van der Waals surface area contributed by atoms with Crippen LogP contribution < -0.4 is 4.80 Å². The van der Waals surface area contributed by atoms with Crippen LogP contribution in [-0.2, 0) is 29.5 Å². The molecule has 1 aromatic heterocycles. The second-order valence-electron chi connectivity index (χ2n) is 8.47. The molecular weight excluding hydrogens is 502 g/mol. The summed E-state index contributed by atoms with van der Waals surface area (Å²) >= 11 is 7.76. The number of thiazole rings is 1. The molecule has 0 spiro atoms. The van der Waals surface area contributed by atoms with Gasteiger partial charge in [0.1, 0.15) is 0 Å². The Balaban J connectivity index is 1.44. The molecule has 1 aliphatic rings. The van der Waals surface area contributed by atoms with Crippen molar-refractivity contribution in [1.82, 2.24) is 8.87 Å². The Labute approximate surface area is 213 Å². The molecule has 4 aromatic rings. The lowest BCUT2D eigenvalue weighted by atomic mass is 10.0. The molecule has 0 saturated heterocycles. The summed E-state index contributed by atoms with van der Waals surface area (Å²) in [6.45, 7) is 5.42. The maximum Gasteiger partial charge on any atom is 0.279 e. The van der Waals surface area contributed by atoms with Gasteiger partial charge in [-0.1, -0.05) is 53.3 Å². The van der Waals surface area contributed by atoms with Crippen molar-refractivity contribution in [1.29, 1.82) is 0 Å². The summed E-state index contributed by atoms with van der Waals surface area (Å²) in [5.74, 6) is -0.427. The molecule has 2 heterocycles. The first-order chi connectivity index (χ1) is 16.8. The second kappa shape index (κ2) is 9.35. The predicted molar refractivity (Wildman–Crippen MR) is 139 cm³/mol. The van der Waals surface area contributed by atoms with Crippen LogP contribution in [0.5, 0.6) is 0 Å². The van der Waals surface area contributed by atoms with Gasteiger partial charge >= 0.3 is 0 Å². The number of rotatable bonds is 4. The molecule has 0 fully saturated rings. The number of fused-ring (bicyclic) bond motifs is 2. The van der Waals surface area contributed by atoms with Crippen LogP contribution in [0, 0.1) is 6.92 Å². The Bertz CT molecular complexity index is 1620. The number of sulfonamides is 1. The van der Waals surface area contributed by atoms with E-state index in [-0.39, 0.29) is 4.90 Å². The molecular formula is C26H24ClN3O3S2. The van der Waals surface area contributed by atoms with Gasteiger partial charge in [0.25, 0.3) is 5.91 Å². The van der Waals surface area contributed by atoms with Gasteiger partial charge in [-0.15, -0.1) is 0 Å². The first kappa shape index (κ1) is 23.9. The molecule has 0 atom stereocenters. The van der Waals surface area contributed by atoms with Crippen LogP contribution in [-0.4, -0.2) is 29.7 Å². The van der Waals surface area contributed by atoms with Crippen molar-refractivity contribution in [3.8, 4) is 0 Å². The molecule has 180 valence electrons. The number of hydrogen-bond donors (Lipinski definition) is 0. The number of amides is 1. The third kappa shape index (κ3) is 4.36. The van der Waals surface area contributed by atoms with Crippen molar-refractivity contribution >= 4 is 49.1 Å². The van der Waals surface area contributed by atoms with Gasteiger partial charge in [-0.3, -0.25) is 4.79 Å². The zero-order valence-corrected chi connectivity index (χ0v) is 21.8. The molecule has 0 radical (unpaired) electrons. The van der Waals surface area contributed by atoms with Gasteiger partial charge in [0, 0.05) is 25.2 Å². The van der Waals surface area contributed by atoms with Crippen LogP contribution in [0.15, 0.2) is 70.6 Å². The highest BCUT2D eigenvalue weighted by atomic mass is 35.5. The smallest absolute Gasteiger partial charge is 0.279 e. The topological polar surface area (TPSA) is 71.7 Å². The fourth-order valence-electron chi connectivity index (χ4n) is 4.44. The van der Waals surface area contributed by atoms with E-state index >= 15 is 0 Å². The summed E-state index contributed by atoms with van der Waals surface area (Å²) in [4.78, 5) is 18.0. The average Bonchev–Trinajstić information content (AvgIpc) is 3.25. The van der Waals surface area contributed by atoms with Gasteiger partial charge in [0.05, 0.1) is 20.1 Å². The van der Waals surface area contributed by atoms with Crippen molar-refractivity contribution in [2.45, 2.75) is 38.3 Å². The molecule has 9 heteroatoms. The highest BCUT2D eigenvalue weighted by Crippen LogP contribution is 2.29. The fraction of sp³-hybridized carbons (Fsp3) is 0.231. The number of benzene rings is 3. The summed E-state index contributed by atoms with van der Waals surface area (Å²) in [6.07, 6.45) is 0.681. The zero-order valence-electron chi connectivity index (χ0n) is 19.4. The van der Waals surface area contributed by atoms with E-state index in [1.165, 1.54) is 45.5 Å². The normalized spacial score (nSPS) is 14.9. The minimum atomic E-state index is -3.67. The van der Waals surface area contributed by atoms with Crippen molar-refractivity contribution in [2.24, 2.45) is 4.99 Å². The Hall–Kier alpha value is -2.78. The maximum absolute atomic E-state index is 13.2. The standard InChI is InChI=1S/C26H24ClN3O3S2/c1-3-30-23-17(2)8-13-22(27)24(23)34-26(30)28-25(31)19-9-11-21(12-10-19)35(32,33)29-15-14-18-6-4-5-7-20(18)16-29/h4-13H,3,14-16H2,1-2H3. The van der Waals surface area contributed by atoms with Gasteiger partial charge in [0.15, 0.2) is 4.80 Å². The molecule has 5 rings (SSSR count). The van der Waals surface area contributed by atoms with E-state index in [1.54, 1.807) is 0 Å². The quantitative estimate of drug-likeness (QED) is 0.369. The second-order valence-corrected chi connectivity index (χ2v) is 11.8. The summed E-state index contributed by atoms with van der Waals surface area (Å²) in [7, 11) is -3.67. The highest BCUT2D eigenvalue weighted by molar-refractivity contribution is 7.89. The molecule has 3 aromatic carbocycles. The molecule has 0 aliphatic carbocycles. The van der Waals surface area contributed by atoms with E-state index in [9.17, 15) is 13.2 Å². The Kier molecular flexibility index (Phi) is 6.40. The molecule has 1 amide bonds. The number of aryl methyl sites for hydroxylation is 2. The monoisotopic (exact) mass is 525 g/mol. The Morgan fingerprint density at radius 2 is 1.77 bits per heavy atom. The molecule has 0 saturated carbocycles. The van der Waals surface area contributed by atoms with E-state index in [1.807, 2.05) is 54.8 Å². The highest BCUT2D eigenvalue weighted by Gasteiger charge is 2.28. The van der Waals surface area contributed by atoms with E-state index in [2.05, 4.69) is 4.99 Å². The van der Waals surface area contributed by atoms with Crippen LogP contribution >= 0.6 is 22.9 Å². The van der Waals surface area contributed by atoms with Crippen LogP contribution in [0.4, 0.5) is 0 Å². The lowest BCUT2D eigenvalue weighted by molar-refractivity contribution is 0.0997. The van der Waals surface area contributed by atoms with Crippen LogP contribution in [0.3, 0.4) is 0 Å². The minimum absolute atomic E-state index is 0.168. The van der Waals surface area contributed by atoms with E-state index < -0.39 is 15.9 Å². The minimum Gasteiger partial charge on any atom is -0.316 e. The lowest BCUT2D eigenvalue weighted by Gasteiger charge is -2.28. The fourth-order valence-corrected chi connectivity index (χ4v) is 7.30. The summed E-state index contributed by atoms with van der Waals surface area (Å²) in [6, 6.07) is 17.7. The first-order valence-electron chi connectivity index (χ1n) is 11.3. The SMILES string of the molecule is CCn1c(=NC(=O)c2ccc(S(=O)(=O)N3CCc4ccccc4C3)cc2)sc2c(Cl)ccc(C)c21. The van der Waals surface area contributed by atoms with Crippen LogP contribution in [0.1, 0.15) is 34.0 Å². The number of halogens is 1. The predicted octanol–water partition coefficient (Wildman–Crippen LogP) is 5.17. The Morgan fingerprint density at radius 3 is 2.49 bits per heavy atom. The number of carbonyl (C=O) groups is 1. The summed E-state index contributed by atoms with van der Waals surface area (Å²) in [5.41, 5.74) is 4.57. The lowest BCUT2D eigenvalue weighted by Crippen LogP contribution is -2.35. The van der Waals surface area contributed by atoms with Crippen molar-refractivity contribution in [3.63, 3.8) is 0 Å². The molecule has 0 unspecified atom stereocenters. The van der Waals surface area contributed by atoms with Crippen LogP contribution in [0.2, 0.25) is 5.02 Å². The van der Waals surface area contributed by atoms with Crippen molar-refractivity contribution in [2.75, 3.05) is 6.54 Å². The zero-order chi connectivity index (χ0) is 24.7. The molecule has 35 heavy (non-hydrogen) atoms. The van der Waals surface area contributed by atoms with Crippen LogP contribution in [0.25, 0.3) is 10.2 Å². The average molecular weight is 526 g/mol. The first-order valence-corrected chi connectivity index (χ1v) is 14.0. The number of aromatic nitrogens is 1. The van der Waals surface area contributed by atoms with Gasteiger partial charge < -0.3 is 4.57 Å². The maximum atomic E-state index is 13.2. The van der Waals surface area contributed by atoms with Gasteiger partial charge in [-0.2, -0.15) is 9.30 Å². The van der Waals surface area contributed by atoms with E-state index in [4.69, 9.17) is 11.6 Å². The molecule has 1 aliphatic heterocycles. The Morgan fingerprint density at radius 1 is 1.06 bits per heavy atom. The van der Waals surface area contributed by atoms with E-state index in [0.29, 0.717) is 41.4 Å². The summed E-state index contributed by atoms with van der Waals surface area (Å²) < 4.78 is 30.8. The van der Waals surface area contributed by atoms with Gasteiger partial charge in [-0.25, -0.2) is 8.42 Å². The largest absolute Gasteiger partial charge is 0.316 e. The summed E-state index contributed by atoms with van der Waals surface area (Å²) in [5, 5.41) is 0.626. The molecule has 0 bridgehead atoms. The third-order valence-electron chi connectivity index (χ3n) is 6.33. The number of hydrogen-bond acceptors (Lipinski definition) is 4. The van der Waals surface area contributed by atoms with Gasteiger partial charge in [0.2, 0.25) is 10.0 Å². The molecule has 6 nitrogen and oxygen atoms in total. The van der Waals surface area contributed by atoms with Gasteiger partial charge in [-0.05, 0) is 67.3 Å². The molecule has 0 N–H and O–H groups in total. The third-order valence-corrected chi connectivity index (χ3v) is 9.73. The number of carbonyl (C=O) groups excluding carboxylic acids is 1.